The highest BCUT2D eigenvalue weighted by atomic mass is 16.5. The van der Waals surface area contributed by atoms with E-state index in [2.05, 4.69) is 0 Å². The molecular formula is C18H20N2O2. The van der Waals surface area contributed by atoms with Crippen LogP contribution in [0.25, 0.3) is 0 Å². The Bertz CT molecular complexity index is 667. The van der Waals surface area contributed by atoms with Gasteiger partial charge in [-0.2, -0.15) is 0 Å². The van der Waals surface area contributed by atoms with E-state index in [1.165, 1.54) is 0 Å². The quantitative estimate of drug-likeness (QED) is 0.944. The van der Waals surface area contributed by atoms with Gasteiger partial charge in [-0.1, -0.05) is 30.3 Å². The van der Waals surface area contributed by atoms with Gasteiger partial charge >= 0.3 is 0 Å². The zero-order valence-electron chi connectivity index (χ0n) is 12.7. The molecule has 1 aliphatic heterocycles. The van der Waals surface area contributed by atoms with E-state index in [-0.39, 0.29) is 11.9 Å². The van der Waals surface area contributed by atoms with Gasteiger partial charge in [-0.15, -0.1) is 0 Å². The second-order valence-electron chi connectivity index (χ2n) is 5.62. The number of ether oxygens (including phenoxy) is 1. The first-order chi connectivity index (χ1) is 10.7. The molecule has 2 aromatic rings. The highest BCUT2D eigenvalue weighted by Gasteiger charge is 2.26. The van der Waals surface area contributed by atoms with E-state index in [9.17, 15) is 4.79 Å². The van der Waals surface area contributed by atoms with Crippen LogP contribution in [-0.2, 0) is 17.6 Å². The largest absolute Gasteiger partial charge is 0.497 e. The zero-order chi connectivity index (χ0) is 15.5. The van der Waals surface area contributed by atoms with Crippen LogP contribution in [0.4, 0.5) is 5.69 Å². The number of carbonyl (C=O) groups is 1. The van der Waals surface area contributed by atoms with Gasteiger partial charge in [-0.3, -0.25) is 4.79 Å². The molecule has 114 valence electrons. The summed E-state index contributed by atoms with van der Waals surface area (Å²) in [6.07, 6.45) is 1.19. The highest BCUT2D eigenvalue weighted by Crippen LogP contribution is 2.27. The third kappa shape index (κ3) is 2.97. The molecule has 0 fully saturated rings. The molecule has 1 unspecified atom stereocenters. The number of nitrogens with two attached hydrogens (primary N) is 1. The van der Waals surface area contributed by atoms with Gasteiger partial charge in [0.05, 0.1) is 13.5 Å². The molecule has 0 saturated carbocycles. The maximum Gasteiger partial charge on any atom is 0.231 e. The molecule has 3 rings (SSSR count). The van der Waals surface area contributed by atoms with E-state index < -0.39 is 0 Å². The van der Waals surface area contributed by atoms with E-state index in [0.29, 0.717) is 13.0 Å². The van der Waals surface area contributed by atoms with Crippen molar-refractivity contribution in [1.29, 1.82) is 0 Å². The van der Waals surface area contributed by atoms with Crippen LogP contribution in [0.1, 0.15) is 11.1 Å². The molecule has 0 spiro atoms. The molecule has 0 aliphatic carbocycles. The van der Waals surface area contributed by atoms with Gasteiger partial charge < -0.3 is 15.4 Å². The van der Waals surface area contributed by atoms with E-state index >= 15 is 0 Å². The average molecular weight is 296 g/mol. The number of methoxy groups -OCH3 is 1. The number of benzene rings is 2. The summed E-state index contributed by atoms with van der Waals surface area (Å²) in [4.78, 5) is 14.5. The molecule has 2 N–H and O–H groups in total. The first kappa shape index (κ1) is 14.6. The molecule has 22 heavy (non-hydrogen) atoms. The molecule has 1 atom stereocenters. The second-order valence-corrected chi connectivity index (χ2v) is 5.62. The van der Waals surface area contributed by atoms with Crippen LogP contribution in [0.5, 0.6) is 5.75 Å². The maximum atomic E-state index is 12.7. The molecule has 0 bridgehead atoms. The highest BCUT2D eigenvalue weighted by molar-refractivity contribution is 5.96. The lowest BCUT2D eigenvalue weighted by molar-refractivity contribution is -0.118. The van der Waals surface area contributed by atoms with Crippen molar-refractivity contribution in [1.82, 2.24) is 0 Å². The van der Waals surface area contributed by atoms with Gasteiger partial charge in [0.1, 0.15) is 5.75 Å². The van der Waals surface area contributed by atoms with Gasteiger partial charge in [0.2, 0.25) is 5.91 Å². The van der Waals surface area contributed by atoms with Gasteiger partial charge in [0.15, 0.2) is 0 Å². The molecule has 0 saturated heterocycles. The molecular weight excluding hydrogens is 276 g/mol. The average Bonchev–Trinajstić information content (AvgIpc) is 2.54. The van der Waals surface area contributed by atoms with E-state index in [4.69, 9.17) is 10.5 Å². The summed E-state index contributed by atoms with van der Waals surface area (Å²) < 4.78 is 5.14. The summed E-state index contributed by atoms with van der Waals surface area (Å²) in [5, 5.41) is 0. The number of anilines is 1. The molecule has 1 heterocycles. The number of amides is 1. The van der Waals surface area contributed by atoms with Crippen molar-refractivity contribution >= 4 is 11.6 Å². The predicted octanol–water partition coefficient (Wildman–Crippen LogP) is 2.15. The fourth-order valence-corrected chi connectivity index (χ4v) is 2.88. The monoisotopic (exact) mass is 296 g/mol. The third-order valence-corrected chi connectivity index (χ3v) is 4.00. The molecule has 1 amide bonds. The number of para-hydroxylation sites is 1. The summed E-state index contributed by atoms with van der Waals surface area (Å²) >= 11 is 0. The van der Waals surface area contributed by atoms with E-state index in [0.717, 1.165) is 29.0 Å². The Kier molecular flexibility index (Phi) is 4.11. The fraction of sp³-hybridized carbons (Fsp3) is 0.278. The van der Waals surface area contributed by atoms with Crippen molar-refractivity contribution in [2.24, 2.45) is 5.73 Å². The molecule has 1 aliphatic rings. The summed E-state index contributed by atoms with van der Waals surface area (Å²) in [6.45, 7) is 0.575. The normalized spacial score (nSPS) is 17.0. The van der Waals surface area contributed by atoms with Gasteiger partial charge in [0, 0.05) is 18.3 Å². The maximum absolute atomic E-state index is 12.7. The Morgan fingerprint density at radius 2 is 1.95 bits per heavy atom. The predicted molar refractivity (Wildman–Crippen MR) is 87.2 cm³/mol. The van der Waals surface area contributed by atoms with Crippen molar-refractivity contribution < 1.29 is 9.53 Å². The Morgan fingerprint density at radius 1 is 1.23 bits per heavy atom. The number of hydrogen-bond donors (Lipinski definition) is 1. The summed E-state index contributed by atoms with van der Waals surface area (Å²) in [6, 6.07) is 15.6. The minimum Gasteiger partial charge on any atom is -0.497 e. The second kappa shape index (κ2) is 6.20. The minimum absolute atomic E-state index is 0.00489. The van der Waals surface area contributed by atoms with Crippen LogP contribution in [0, 0.1) is 0 Å². The Hall–Kier alpha value is -2.33. The SMILES string of the molecule is COc1ccc(CC(=O)N2CC(N)Cc3ccccc32)cc1. The van der Waals surface area contributed by atoms with Crippen molar-refractivity contribution in [3.8, 4) is 5.75 Å². The lowest BCUT2D eigenvalue weighted by Crippen LogP contribution is -2.46. The van der Waals surface area contributed by atoms with Gasteiger partial charge in [-0.25, -0.2) is 0 Å². The zero-order valence-corrected chi connectivity index (χ0v) is 12.7. The number of nitrogens with zero attached hydrogens (tertiary/aromatic N) is 1. The third-order valence-electron chi connectivity index (χ3n) is 4.00. The van der Waals surface area contributed by atoms with Crippen LogP contribution in [0.15, 0.2) is 48.5 Å². The first-order valence-electron chi connectivity index (χ1n) is 7.44. The fourth-order valence-electron chi connectivity index (χ4n) is 2.88. The first-order valence-corrected chi connectivity index (χ1v) is 7.44. The van der Waals surface area contributed by atoms with Crippen LogP contribution in [-0.4, -0.2) is 25.6 Å². The minimum atomic E-state index is -0.00489. The number of fused-ring (bicyclic) bond motifs is 1. The van der Waals surface area contributed by atoms with Gasteiger partial charge in [0.25, 0.3) is 0 Å². The Labute approximate surface area is 130 Å². The topological polar surface area (TPSA) is 55.6 Å². The standard InChI is InChI=1S/C18H20N2O2/c1-22-16-8-6-13(7-9-16)10-18(21)20-12-15(19)11-14-4-2-3-5-17(14)20/h2-9,15H,10-12,19H2,1H3. The van der Waals surface area contributed by atoms with Crippen molar-refractivity contribution in [3.63, 3.8) is 0 Å². The van der Waals surface area contributed by atoms with E-state index in [1.54, 1.807) is 7.11 Å². The Balaban J connectivity index is 1.79. The number of rotatable bonds is 3. The molecule has 4 heteroatoms. The van der Waals surface area contributed by atoms with Crippen LogP contribution < -0.4 is 15.4 Å². The Morgan fingerprint density at radius 3 is 2.68 bits per heavy atom. The van der Waals surface area contributed by atoms with Crippen LogP contribution in [0.2, 0.25) is 0 Å². The van der Waals surface area contributed by atoms with Crippen molar-refractivity contribution in [2.75, 3.05) is 18.6 Å². The van der Waals surface area contributed by atoms with E-state index in [1.807, 2.05) is 53.4 Å². The molecule has 4 nitrogen and oxygen atoms in total. The summed E-state index contributed by atoms with van der Waals surface area (Å²) in [7, 11) is 1.63. The molecule has 0 radical (unpaired) electrons. The number of carbonyl (C=O) groups excluding carboxylic acids is 1. The summed E-state index contributed by atoms with van der Waals surface area (Å²) in [5.74, 6) is 0.870. The van der Waals surface area contributed by atoms with Crippen LogP contribution in [0.3, 0.4) is 0 Å². The smallest absolute Gasteiger partial charge is 0.231 e. The van der Waals surface area contributed by atoms with Gasteiger partial charge in [-0.05, 0) is 35.7 Å². The summed E-state index contributed by atoms with van der Waals surface area (Å²) in [5.41, 5.74) is 9.20. The lowest BCUT2D eigenvalue weighted by Gasteiger charge is -2.33. The molecule has 0 aromatic heterocycles. The number of hydrogen-bond acceptors (Lipinski definition) is 3. The van der Waals surface area contributed by atoms with Crippen molar-refractivity contribution in [2.45, 2.75) is 18.9 Å². The lowest BCUT2D eigenvalue weighted by atomic mass is 9.97. The van der Waals surface area contributed by atoms with Crippen molar-refractivity contribution in [3.05, 3.63) is 59.7 Å². The van der Waals surface area contributed by atoms with Crippen LogP contribution >= 0.6 is 0 Å². The molecule has 2 aromatic carbocycles.